The van der Waals surface area contributed by atoms with Crippen molar-refractivity contribution >= 4 is 29.9 Å². The first-order valence-corrected chi connectivity index (χ1v) is 9.12. The molecule has 8 nitrogen and oxygen atoms in total. The molecular formula is C18H24Cl2N4O4. The molecule has 1 unspecified atom stereocenters. The average molecular weight is 431 g/mol. The summed E-state index contributed by atoms with van der Waals surface area (Å²) in [5.41, 5.74) is 0.646. The van der Waals surface area contributed by atoms with Crippen LogP contribution in [0.1, 0.15) is 18.7 Å². The van der Waals surface area contributed by atoms with Gasteiger partial charge in [-0.2, -0.15) is 4.98 Å². The standard InChI is InChI=1S/C18H23ClN4O4.ClH/c1-23(12-6-7-20-10-12)16(24)5-4-15-21-18(22-27-15)11-8-13(19)17(26-3)14(9-11)25-2;/h8-9,12,20H,4-7,10H2,1-3H3;1H. The van der Waals surface area contributed by atoms with Crippen molar-refractivity contribution in [3.05, 3.63) is 23.0 Å². The predicted octanol–water partition coefficient (Wildman–Crippen LogP) is 2.58. The van der Waals surface area contributed by atoms with Crippen molar-refractivity contribution in [1.82, 2.24) is 20.4 Å². The maximum absolute atomic E-state index is 12.3. The van der Waals surface area contributed by atoms with Crippen molar-refractivity contribution in [2.45, 2.75) is 25.3 Å². The molecule has 0 saturated carbocycles. The molecule has 1 saturated heterocycles. The lowest BCUT2D eigenvalue weighted by Gasteiger charge is -2.23. The fourth-order valence-electron chi connectivity index (χ4n) is 3.08. The van der Waals surface area contributed by atoms with Crippen LogP contribution in [0.15, 0.2) is 16.7 Å². The fourth-order valence-corrected chi connectivity index (χ4v) is 3.37. The van der Waals surface area contributed by atoms with Crippen molar-refractivity contribution in [3.63, 3.8) is 0 Å². The van der Waals surface area contributed by atoms with E-state index >= 15 is 0 Å². The molecule has 2 aromatic rings. The van der Waals surface area contributed by atoms with Gasteiger partial charge >= 0.3 is 0 Å². The molecule has 1 aliphatic rings. The minimum Gasteiger partial charge on any atom is -0.493 e. The number of ether oxygens (including phenoxy) is 2. The maximum Gasteiger partial charge on any atom is 0.227 e. The van der Waals surface area contributed by atoms with Crippen LogP contribution in [0.4, 0.5) is 0 Å². The Hall–Kier alpha value is -2.03. The van der Waals surface area contributed by atoms with Gasteiger partial charge in [0.25, 0.3) is 0 Å². The molecule has 10 heteroatoms. The van der Waals surface area contributed by atoms with Gasteiger partial charge in [-0.15, -0.1) is 12.4 Å². The van der Waals surface area contributed by atoms with Crippen LogP contribution in [0, 0.1) is 0 Å². The molecule has 0 bridgehead atoms. The van der Waals surface area contributed by atoms with Crippen molar-refractivity contribution in [2.24, 2.45) is 0 Å². The third-order valence-electron chi connectivity index (χ3n) is 4.69. The first kappa shape index (κ1) is 22.3. The lowest BCUT2D eigenvalue weighted by Crippen LogP contribution is -2.38. The van der Waals surface area contributed by atoms with Gasteiger partial charge in [-0.1, -0.05) is 16.8 Å². The molecule has 154 valence electrons. The highest BCUT2D eigenvalue weighted by Gasteiger charge is 2.23. The number of carbonyl (C=O) groups is 1. The van der Waals surface area contributed by atoms with E-state index in [0.29, 0.717) is 46.6 Å². The molecule has 28 heavy (non-hydrogen) atoms. The largest absolute Gasteiger partial charge is 0.493 e. The van der Waals surface area contributed by atoms with Gasteiger partial charge in [0, 0.05) is 38.0 Å². The maximum atomic E-state index is 12.3. The Morgan fingerprint density at radius 3 is 2.82 bits per heavy atom. The van der Waals surface area contributed by atoms with Crippen LogP contribution in [0.3, 0.4) is 0 Å². The highest BCUT2D eigenvalue weighted by Crippen LogP contribution is 2.38. The number of hydrogen-bond acceptors (Lipinski definition) is 7. The first-order valence-electron chi connectivity index (χ1n) is 8.74. The van der Waals surface area contributed by atoms with Crippen LogP contribution in [-0.2, 0) is 11.2 Å². The number of rotatable bonds is 7. The van der Waals surface area contributed by atoms with Crippen molar-refractivity contribution in [1.29, 1.82) is 0 Å². The normalized spacial score (nSPS) is 15.8. The Balaban J connectivity index is 0.00000280. The van der Waals surface area contributed by atoms with Crippen LogP contribution >= 0.6 is 24.0 Å². The Labute approximate surface area is 174 Å². The van der Waals surface area contributed by atoms with Crippen LogP contribution in [0.25, 0.3) is 11.4 Å². The van der Waals surface area contributed by atoms with Crippen LogP contribution in [-0.4, -0.2) is 61.3 Å². The zero-order valence-corrected chi connectivity index (χ0v) is 17.6. The van der Waals surface area contributed by atoms with Crippen molar-refractivity contribution in [3.8, 4) is 22.9 Å². The third-order valence-corrected chi connectivity index (χ3v) is 4.97. The molecule has 0 aliphatic carbocycles. The van der Waals surface area contributed by atoms with Crippen LogP contribution < -0.4 is 14.8 Å². The van der Waals surface area contributed by atoms with E-state index in [9.17, 15) is 4.79 Å². The summed E-state index contributed by atoms with van der Waals surface area (Å²) in [6, 6.07) is 3.67. The monoisotopic (exact) mass is 430 g/mol. The Morgan fingerprint density at radius 2 is 2.18 bits per heavy atom. The second-order valence-electron chi connectivity index (χ2n) is 6.36. The van der Waals surface area contributed by atoms with E-state index in [2.05, 4.69) is 15.5 Å². The van der Waals surface area contributed by atoms with E-state index in [4.69, 9.17) is 25.6 Å². The lowest BCUT2D eigenvalue weighted by molar-refractivity contribution is -0.131. The molecule has 1 aromatic carbocycles. The zero-order chi connectivity index (χ0) is 19.4. The molecule has 1 atom stereocenters. The number of amides is 1. The third kappa shape index (κ3) is 4.87. The number of hydrogen-bond donors (Lipinski definition) is 1. The number of nitrogens with one attached hydrogen (secondary N) is 1. The number of aromatic nitrogens is 2. The molecule has 1 fully saturated rings. The summed E-state index contributed by atoms with van der Waals surface area (Å²) in [6.45, 7) is 1.79. The molecule has 1 aliphatic heterocycles. The number of carbonyl (C=O) groups excluding carboxylic acids is 1. The quantitative estimate of drug-likeness (QED) is 0.721. The van der Waals surface area contributed by atoms with E-state index in [-0.39, 0.29) is 24.4 Å². The van der Waals surface area contributed by atoms with Crippen molar-refractivity contribution < 1.29 is 18.8 Å². The number of halogens is 2. The fraction of sp³-hybridized carbons (Fsp3) is 0.500. The number of methoxy groups -OCH3 is 2. The highest BCUT2D eigenvalue weighted by atomic mass is 35.5. The van der Waals surface area contributed by atoms with Gasteiger partial charge in [0.15, 0.2) is 11.5 Å². The van der Waals surface area contributed by atoms with E-state index in [1.807, 2.05) is 7.05 Å². The SMILES string of the molecule is COc1cc(-c2noc(CCC(=O)N(C)C3CCNC3)n2)cc(Cl)c1OC.Cl. The van der Waals surface area contributed by atoms with E-state index < -0.39 is 0 Å². The van der Waals surface area contributed by atoms with Gasteiger partial charge in [-0.05, 0) is 25.1 Å². The van der Waals surface area contributed by atoms with Gasteiger partial charge in [0.05, 0.1) is 19.2 Å². The van der Waals surface area contributed by atoms with E-state index in [1.54, 1.807) is 17.0 Å². The lowest BCUT2D eigenvalue weighted by atomic mass is 10.2. The van der Waals surface area contributed by atoms with Gasteiger partial charge in [-0.3, -0.25) is 4.79 Å². The molecule has 1 amide bonds. The van der Waals surface area contributed by atoms with Crippen molar-refractivity contribution in [2.75, 3.05) is 34.4 Å². The van der Waals surface area contributed by atoms with Crippen LogP contribution in [0.5, 0.6) is 11.5 Å². The van der Waals surface area contributed by atoms with Gasteiger partial charge in [-0.25, -0.2) is 0 Å². The predicted molar refractivity (Wildman–Crippen MR) is 107 cm³/mol. The smallest absolute Gasteiger partial charge is 0.227 e. The summed E-state index contributed by atoms with van der Waals surface area (Å²) in [4.78, 5) is 18.5. The minimum absolute atomic E-state index is 0. The van der Waals surface area contributed by atoms with E-state index in [0.717, 1.165) is 19.5 Å². The Kier molecular flexibility index (Phi) is 7.91. The summed E-state index contributed by atoms with van der Waals surface area (Å²) >= 11 is 6.22. The van der Waals surface area contributed by atoms with Gasteiger partial charge in [0.2, 0.25) is 17.6 Å². The second-order valence-corrected chi connectivity index (χ2v) is 6.76. The minimum atomic E-state index is 0. The second kappa shape index (κ2) is 9.95. The first-order chi connectivity index (χ1) is 13.0. The molecule has 1 aromatic heterocycles. The topological polar surface area (TPSA) is 89.7 Å². The summed E-state index contributed by atoms with van der Waals surface area (Å²) in [5.74, 6) is 1.78. The Bertz CT molecular complexity index is 809. The number of benzene rings is 1. The van der Waals surface area contributed by atoms with E-state index in [1.165, 1.54) is 14.2 Å². The highest BCUT2D eigenvalue weighted by molar-refractivity contribution is 6.32. The Morgan fingerprint density at radius 1 is 1.39 bits per heavy atom. The van der Waals surface area contributed by atoms with Gasteiger partial charge in [0.1, 0.15) is 0 Å². The summed E-state index contributed by atoms with van der Waals surface area (Å²) < 4.78 is 15.8. The molecule has 3 rings (SSSR count). The van der Waals surface area contributed by atoms with Gasteiger partial charge < -0.3 is 24.2 Å². The molecule has 0 spiro atoms. The molecule has 2 heterocycles. The molecular weight excluding hydrogens is 407 g/mol. The molecule has 1 N–H and O–H groups in total. The summed E-state index contributed by atoms with van der Waals surface area (Å²) in [5, 5.41) is 7.63. The molecule has 0 radical (unpaired) electrons. The number of likely N-dealkylation sites (N-methyl/N-ethyl adjacent to an activating group) is 1. The summed E-state index contributed by atoms with van der Waals surface area (Å²) in [6.07, 6.45) is 1.69. The van der Waals surface area contributed by atoms with Crippen LogP contribution in [0.2, 0.25) is 5.02 Å². The summed E-state index contributed by atoms with van der Waals surface area (Å²) in [7, 11) is 4.89. The number of aryl methyl sites for hydroxylation is 1. The average Bonchev–Trinajstić information content (AvgIpc) is 3.36. The zero-order valence-electron chi connectivity index (χ0n) is 16.0. The number of nitrogens with zero attached hydrogens (tertiary/aromatic N) is 3.